The predicted octanol–water partition coefficient (Wildman–Crippen LogP) is 1.67. The summed E-state index contributed by atoms with van der Waals surface area (Å²) in [5.41, 5.74) is 0. The van der Waals surface area contributed by atoms with E-state index in [2.05, 4.69) is 6.92 Å². The number of carbonyl (C=O) groups is 2. The molecule has 6 nitrogen and oxygen atoms in total. The van der Waals surface area contributed by atoms with Gasteiger partial charge in [-0.15, -0.1) is 0 Å². The number of amides is 1. The van der Waals surface area contributed by atoms with Crippen LogP contribution >= 0.6 is 0 Å². The Bertz CT molecular complexity index is 381. The largest absolute Gasteiger partial charge is 0.480 e. The van der Waals surface area contributed by atoms with Crippen molar-refractivity contribution in [3.05, 3.63) is 0 Å². The van der Waals surface area contributed by atoms with E-state index in [0.717, 1.165) is 19.3 Å². The maximum atomic E-state index is 12.4. The van der Waals surface area contributed by atoms with Crippen LogP contribution in [0.25, 0.3) is 0 Å². The molecule has 0 radical (unpaired) electrons. The molecule has 2 fully saturated rings. The molecule has 1 heterocycles. The summed E-state index contributed by atoms with van der Waals surface area (Å²) in [5, 5.41) is 9.05. The number of nitrogens with zero attached hydrogens (tertiary/aromatic N) is 1. The normalized spacial score (nSPS) is 26.6. The maximum absolute atomic E-state index is 12.4. The van der Waals surface area contributed by atoms with Crippen molar-refractivity contribution in [2.45, 2.75) is 57.6 Å². The summed E-state index contributed by atoms with van der Waals surface area (Å²) in [6.07, 6.45) is 5.87. The summed E-state index contributed by atoms with van der Waals surface area (Å²) >= 11 is 0. The first-order chi connectivity index (χ1) is 10.6. The van der Waals surface area contributed by atoms with Gasteiger partial charge in [-0.2, -0.15) is 0 Å². The van der Waals surface area contributed by atoms with Crippen LogP contribution in [0, 0.1) is 5.92 Å². The summed E-state index contributed by atoms with van der Waals surface area (Å²) in [7, 11) is 0. The van der Waals surface area contributed by atoms with E-state index in [1.165, 1.54) is 11.3 Å². The number of ether oxygens (including phenoxy) is 2. The molecule has 1 saturated carbocycles. The third kappa shape index (κ3) is 5.25. The number of rotatable bonds is 6. The van der Waals surface area contributed by atoms with Crippen LogP contribution < -0.4 is 0 Å². The molecule has 0 aromatic carbocycles. The fraction of sp³-hybridized carbons (Fsp3) is 0.875. The Morgan fingerprint density at radius 3 is 2.59 bits per heavy atom. The van der Waals surface area contributed by atoms with Gasteiger partial charge in [-0.05, 0) is 31.6 Å². The molecule has 1 aliphatic heterocycles. The van der Waals surface area contributed by atoms with Crippen LogP contribution in [0.2, 0.25) is 0 Å². The molecule has 1 saturated heterocycles. The average molecular weight is 313 g/mol. The molecule has 1 N–H and O–H groups in total. The molecule has 0 spiro atoms. The Morgan fingerprint density at radius 2 is 1.95 bits per heavy atom. The van der Waals surface area contributed by atoms with E-state index >= 15 is 0 Å². The van der Waals surface area contributed by atoms with Crippen molar-refractivity contribution < 1.29 is 24.2 Å². The summed E-state index contributed by atoms with van der Waals surface area (Å²) in [6, 6.07) is -0.0498. The zero-order valence-electron chi connectivity index (χ0n) is 13.3. The summed E-state index contributed by atoms with van der Waals surface area (Å²) in [4.78, 5) is 24.9. The number of hydrogen-bond acceptors (Lipinski definition) is 4. The van der Waals surface area contributed by atoms with Gasteiger partial charge in [-0.3, -0.25) is 9.59 Å². The molecular weight excluding hydrogens is 286 g/mol. The number of carboxylic acids is 1. The second-order valence-electron chi connectivity index (χ2n) is 6.46. The summed E-state index contributed by atoms with van der Waals surface area (Å²) in [5.74, 6) is -0.557. The van der Waals surface area contributed by atoms with E-state index in [9.17, 15) is 9.59 Å². The van der Waals surface area contributed by atoms with E-state index in [0.29, 0.717) is 32.0 Å². The molecule has 6 heteroatoms. The molecule has 126 valence electrons. The SMILES string of the molecule is CC1CCCC(OCC(=O)N(CC(=O)O)C2CCOCC2)C1. The van der Waals surface area contributed by atoms with Gasteiger partial charge < -0.3 is 19.5 Å². The van der Waals surface area contributed by atoms with Crippen molar-refractivity contribution in [3.8, 4) is 0 Å². The Labute approximate surface area is 131 Å². The highest BCUT2D eigenvalue weighted by Gasteiger charge is 2.28. The van der Waals surface area contributed by atoms with Crippen LogP contribution in [0.3, 0.4) is 0 Å². The van der Waals surface area contributed by atoms with Crippen LogP contribution in [0.1, 0.15) is 45.4 Å². The van der Waals surface area contributed by atoms with Gasteiger partial charge >= 0.3 is 5.97 Å². The number of aliphatic carboxylic acids is 1. The Hall–Kier alpha value is -1.14. The quantitative estimate of drug-likeness (QED) is 0.807. The molecule has 1 aliphatic carbocycles. The van der Waals surface area contributed by atoms with E-state index in [1.807, 2.05) is 0 Å². The van der Waals surface area contributed by atoms with E-state index in [4.69, 9.17) is 14.6 Å². The van der Waals surface area contributed by atoms with Gasteiger partial charge in [0, 0.05) is 19.3 Å². The highest BCUT2D eigenvalue weighted by molar-refractivity contribution is 5.82. The Morgan fingerprint density at radius 1 is 1.23 bits per heavy atom. The first-order valence-electron chi connectivity index (χ1n) is 8.27. The molecule has 2 rings (SSSR count). The lowest BCUT2D eigenvalue weighted by atomic mass is 9.89. The van der Waals surface area contributed by atoms with Crippen LogP contribution in [0.4, 0.5) is 0 Å². The fourth-order valence-electron chi connectivity index (χ4n) is 3.37. The van der Waals surface area contributed by atoms with Crippen LogP contribution in [0.5, 0.6) is 0 Å². The van der Waals surface area contributed by atoms with E-state index in [1.54, 1.807) is 0 Å². The lowest BCUT2D eigenvalue weighted by Gasteiger charge is -2.34. The Balaban J connectivity index is 1.85. The van der Waals surface area contributed by atoms with Crippen LogP contribution in [-0.2, 0) is 19.1 Å². The zero-order chi connectivity index (χ0) is 15.9. The molecule has 0 bridgehead atoms. The smallest absolute Gasteiger partial charge is 0.323 e. The summed E-state index contributed by atoms with van der Waals surface area (Å²) < 4.78 is 11.0. The van der Waals surface area contributed by atoms with Gasteiger partial charge in [0.1, 0.15) is 13.2 Å². The van der Waals surface area contributed by atoms with Crippen molar-refractivity contribution in [2.75, 3.05) is 26.4 Å². The van der Waals surface area contributed by atoms with Crippen molar-refractivity contribution in [2.24, 2.45) is 5.92 Å². The second kappa shape index (κ2) is 8.48. The highest BCUT2D eigenvalue weighted by atomic mass is 16.5. The average Bonchev–Trinajstić information content (AvgIpc) is 2.51. The molecule has 2 aliphatic rings. The minimum absolute atomic E-state index is 0.0119. The van der Waals surface area contributed by atoms with Crippen molar-refractivity contribution >= 4 is 11.9 Å². The number of hydrogen-bond donors (Lipinski definition) is 1. The summed E-state index contributed by atoms with van der Waals surface area (Å²) in [6.45, 7) is 3.09. The first-order valence-corrected chi connectivity index (χ1v) is 8.27. The lowest BCUT2D eigenvalue weighted by molar-refractivity contribution is -0.151. The topological polar surface area (TPSA) is 76.1 Å². The molecule has 0 aromatic heterocycles. The monoisotopic (exact) mass is 313 g/mol. The van der Waals surface area contributed by atoms with Gasteiger partial charge in [0.2, 0.25) is 5.91 Å². The van der Waals surface area contributed by atoms with Crippen LogP contribution in [0.15, 0.2) is 0 Å². The van der Waals surface area contributed by atoms with Gasteiger partial charge in [0.25, 0.3) is 0 Å². The molecule has 2 unspecified atom stereocenters. The van der Waals surface area contributed by atoms with Crippen molar-refractivity contribution in [3.63, 3.8) is 0 Å². The second-order valence-corrected chi connectivity index (χ2v) is 6.46. The molecule has 2 atom stereocenters. The number of carbonyl (C=O) groups excluding carboxylic acids is 1. The molecule has 1 amide bonds. The first kappa shape index (κ1) is 17.2. The van der Waals surface area contributed by atoms with Gasteiger partial charge in [0.15, 0.2) is 0 Å². The van der Waals surface area contributed by atoms with Gasteiger partial charge in [-0.1, -0.05) is 19.8 Å². The third-order valence-electron chi connectivity index (χ3n) is 4.59. The molecule has 22 heavy (non-hydrogen) atoms. The Kier molecular flexibility index (Phi) is 6.64. The van der Waals surface area contributed by atoms with E-state index < -0.39 is 5.97 Å². The van der Waals surface area contributed by atoms with Crippen molar-refractivity contribution in [1.29, 1.82) is 0 Å². The van der Waals surface area contributed by atoms with Crippen molar-refractivity contribution in [1.82, 2.24) is 4.90 Å². The van der Waals surface area contributed by atoms with E-state index in [-0.39, 0.29) is 31.2 Å². The van der Waals surface area contributed by atoms with Gasteiger partial charge in [0.05, 0.1) is 6.10 Å². The zero-order valence-corrected chi connectivity index (χ0v) is 13.3. The standard InChI is InChI=1S/C16H27NO5/c1-12-3-2-4-14(9-12)22-11-15(18)17(10-16(19)20)13-5-7-21-8-6-13/h12-14H,2-11H2,1H3,(H,19,20). The molecular formula is C16H27NO5. The molecule has 0 aromatic rings. The lowest BCUT2D eigenvalue weighted by Crippen LogP contribution is -2.47. The van der Waals surface area contributed by atoms with Crippen LogP contribution in [-0.4, -0.2) is 60.4 Å². The maximum Gasteiger partial charge on any atom is 0.323 e. The minimum Gasteiger partial charge on any atom is -0.480 e. The predicted molar refractivity (Wildman–Crippen MR) is 80.6 cm³/mol. The van der Waals surface area contributed by atoms with Gasteiger partial charge in [-0.25, -0.2) is 0 Å². The number of carboxylic acid groups (broad SMARTS) is 1. The highest BCUT2D eigenvalue weighted by Crippen LogP contribution is 2.25. The minimum atomic E-state index is -0.980. The third-order valence-corrected chi connectivity index (χ3v) is 4.59. The fourth-order valence-corrected chi connectivity index (χ4v) is 3.37.